The van der Waals surface area contributed by atoms with E-state index in [0.717, 1.165) is 18.2 Å². The van der Waals surface area contributed by atoms with Gasteiger partial charge in [0.1, 0.15) is 0 Å². The number of alkyl halides is 3. The summed E-state index contributed by atoms with van der Waals surface area (Å²) in [6.07, 6.45) is -1.70. The van der Waals surface area contributed by atoms with Crippen LogP contribution in [0.4, 0.5) is 24.5 Å². The second-order valence-electron chi connectivity index (χ2n) is 6.66. The van der Waals surface area contributed by atoms with Gasteiger partial charge in [-0.25, -0.2) is 8.42 Å². The number of nitrogens with one attached hydrogen (secondary N) is 1. The lowest BCUT2D eigenvalue weighted by Crippen LogP contribution is -2.23. The summed E-state index contributed by atoms with van der Waals surface area (Å²) in [5, 5.41) is 0. The maximum absolute atomic E-state index is 13.1. The van der Waals surface area contributed by atoms with E-state index in [1.807, 2.05) is 0 Å². The lowest BCUT2D eigenvalue weighted by atomic mass is 10.1. The maximum Gasteiger partial charge on any atom is 0.416 e. The Morgan fingerprint density at radius 2 is 1.77 bits per heavy atom. The van der Waals surface area contributed by atoms with E-state index in [2.05, 4.69) is 16.3 Å². The fraction of sp³-hybridized carbons (Fsp3) is 0.0476. The molecule has 6 nitrogen and oxygen atoms in total. The second kappa shape index (κ2) is 7.24. The summed E-state index contributed by atoms with van der Waals surface area (Å²) in [7, 11) is -4.40. The predicted octanol–water partition coefficient (Wildman–Crippen LogP) is 4.53. The zero-order valence-corrected chi connectivity index (χ0v) is 16.5. The van der Waals surface area contributed by atoms with Crippen molar-refractivity contribution in [3.63, 3.8) is 0 Å². The molecule has 1 amide bonds. The zero-order chi connectivity index (χ0) is 22.4. The number of carbonyl (C=O) groups is 1. The van der Waals surface area contributed by atoms with Gasteiger partial charge in [0, 0.05) is 11.8 Å². The number of fused-ring (bicyclic) bond motifs is 1. The molecule has 2 aromatic carbocycles. The highest BCUT2D eigenvalue weighted by Crippen LogP contribution is 2.39. The highest BCUT2D eigenvalue weighted by atomic mass is 32.2. The number of hydrogen-bond donors (Lipinski definition) is 1. The fourth-order valence-electron chi connectivity index (χ4n) is 3.27. The van der Waals surface area contributed by atoms with Crippen LogP contribution in [0, 0.1) is 0 Å². The Morgan fingerprint density at radius 3 is 2.45 bits per heavy atom. The second-order valence-corrected chi connectivity index (χ2v) is 8.34. The lowest BCUT2D eigenvalue weighted by molar-refractivity contribution is -0.137. The number of benzene rings is 2. The van der Waals surface area contributed by atoms with E-state index in [4.69, 9.17) is 0 Å². The third kappa shape index (κ3) is 3.66. The van der Waals surface area contributed by atoms with Crippen LogP contribution in [0.2, 0.25) is 0 Å². The molecule has 0 saturated heterocycles. The molecule has 0 aliphatic carbocycles. The number of amides is 1. The topological polar surface area (TPSA) is 79.4 Å². The van der Waals surface area contributed by atoms with Crippen LogP contribution in [-0.2, 0) is 16.2 Å². The van der Waals surface area contributed by atoms with Crippen LogP contribution in [0.15, 0.2) is 78.5 Å². The molecule has 0 unspecified atom stereocenters. The van der Waals surface area contributed by atoms with E-state index >= 15 is 0 Å². The standard InChI is InChI=1S/C21H14F3N3O3S/c1-13-17-8-3-9-18(19(17)20(28)27(13)15-6-4-10-25-12-15)26-31(29,30)16-7-2-5-14(11-16)21(22,23)24/h2-12,26H,1H2. The van der Waals surface area contributed by atoms with Crippen LogP contribution in [0.3, 0.4) is 0 Å². The van der Waals surface area contributed by atoms with Gasteiger partial charge < -0.3 is 0 Å². The first-order valence-corrected chi connectivity index (χ1v) is 10.3. The van der Waals surface area contributed by atoms with Gasteiger partial charge in [-0.3, -0.25) is 19.4 Å². The number of hydrogen-bond acceptors (Lipinski definition) is 4. The number of aromatic nitrogens is 1. The Kier molecular flexibility index (Phi) is 4.81. The Hall–Kier alpha value is -3.66. The van der Waals surface area contributed by atoms with Crippen LogP contribution >= 0.6 is 0 Å². The van der Waals surface area contributed by atoms with Crippen LogP contribution in [0.1, 0.15) is 21.5 Å². The van der Waals surface area contributed by atoms with Crippen molar-refractivity contribution >= 4 is 33.0 Å². The summed E-state index contributed by atoms with van der Waals surface area (Å²) in [6, 6.07) is 11.1. The van der Waals surface area contributed by atoms with Gasteiger partial charge in [-0.15, -0.1) is 0 Å². The molecule has 1 aliphatic heterocycles. The van der Waals surface area contributed by atoms with Gasteiger partial charge in [0.15, 0.2) is 0 Å². The summed E-state index contributed by atoms with van der Waals surface area (Å²) in [5.74, 6) is -0.532. The Bertz CT molecular complexity index is 1310. The largest absolute Gasteiger partial charge is 0.416 e. The van der Waals surface area contributed by atoms with Gasteiger partial charge in [-0.05, 0) is 36.4 Å². The first-order valence-electron chi connectivity index (χ1n) is 8.86. The van der Waals surface area contributed by atoms with Crippen LogP contribution in [-0.4, -0.2) is 19.3 Å². The van der Waals surface area contributed by atoms with Gasteiger partial charge in [-0.2, -0.15) is 13.2 Å². The highest BCUT2D eigenvalue weighted by Gasteiger charge is 2.36. The molecule has 0 spiro atoms. The summed E-state index contributed by atoms with van der Waals surface area (Å²) in [6.45, 7) is 3.91. The average Bonchev–Trinajstić information content (AvgIpc) is 2.99. The van der Waals surface area contributed by atoms with Gasteiger partial charge >= 0.3 is 6.18 Å². The van der Waals surface area contributed by atoms with E-state index in [0.29, 0.717) is 23.0 Å². The minimum atomic E-state index is -4.70. The molecule has 1 aromatic heterocycles. The molecule has 0 saturated carbocycles. The minimum absolute atomic E-state index is 0.0481. The van der Waals surface area contributed by atoms with Crippen LogP contribution < -0.4 is 9.62 Å². The van der Waals surface area contributed by atoms with E-state index in [1.54, 1.807) is 18.2 Å². The Morgan fingerprint density at radius 1 is 1.03 bits per heavy atom. The third-order valence-electron chi connectivity index (χ3n) is 4.68. The summed E-state index contributed by atoms with van der Waals surface area (Å²) in [4.78, 5) is 17.8. The zero-order valence-electron chi connectivity index (χ0n) is 15.7. The molecular formula is C21H14F3N3O3S. The fourth-order valence-corrected chi connectivity index (χ4v) is 4.38. The first kappa shape index (κ1) is 20.6. The molecule has 0 bridgehead atoms. The Labute approximate surface area is 175 Å². The van der Waals surface area contributed by atoms with Crippen LogP contribution in [0.5, 0.6) is 0 Å². The molecule has 10 heteroatoms. The van der Waals surface area contributed by atoms with E-state index in [1.165, 1.54) is 29.4 Å². The van der Waals surface area contributed by atoms with Crippen molar-refractivity contribution in [3.8, 4) is 0 Å². The summed E-state index contributed by atoms with van der Waals surface area (Å²) in [5.41, 5.74) is 0.0619. The SMILES string of the molecule is C=C1c2cccc(NS(=O)(=O)c3cccc(C(F)(F)F)c3)c2C(=O)N1c1cccnc1. The van der Waals surface area contributed by atoms with E-state index in [-0.39, 0.29) is 11.3 Å². The van der Waals surface area contributed by atoms with Gasteiger partial charge in [0.05, 0.1) is 39.3 Å². The molecular weight excluding hydrogens is 431 g/mol. The lowest BCUT2D eigenvalue weighted by Gasteiger charge is -2.16. The molecule has 0 fully saturated rings. The normalized spacial score (nSPS) is 14.0. The summed E-state index contributed by atoms with van der Waals surface area (Å²) >= 11 is 0. The molecule has 31 heavy (non-hydrogen) atoms. The van der Waals surface area contributed by atoms with E-state index < -0.39 is 32.6 Å². The monoisotopic (exact) mass is 445 g/mol. The summed E-state index contributed by atoms with van der Waals surface area (Å²) < 4.78 is 66.7. The minimum Gasteiger partial charge on any atom is -0.279 e. The van der Waals surface area contributed by atoms with Gasteiger partial charge in [-0.1, -0.05) is 24.8 Å². The number of halogens is 3. The number of nitrogens with zero attached hydrogens (tertiary/aromatic N) is 2. The van der Waals surface area contributed by atoms with Crippen molar-refractivity contribution in [1.82, 2.24) is 4.98 Å². The van der Waals surface area contributed by atoms with Crippen molar-refractivity contribution < 1.29 is 26.4 Å². The van der Waals surface area contributed by atoms with Crippen molar-refractivity contribution in [2.24, 2.45) is 0 Å². The maximum atomic E-state index is 13.1. The number of rotatable bonds is 4. The number of anilines is 2. The van der Waals surface area contributed by atoms with Crippen molar-refractivity contribution in [3.05, 3.63) is 90.3 Å². The first-order chi connectivity index (χ1) is 14.6. The average molecular weight is 445 g/mol. The molecule has 4 rings (SSSR count). The third-order valence-corrected chi connectivity index (χ3v) is 6.05. The highest BCUT2D eigenvalue weighted by molar-refractivity contribution is 7.92. The predicted molar refractivity (Wildman–Crippen MR) is 109 cm³/mol. The smallest absolute Gasteiger partial charge is 0.279 e. The van der Waals surface area contributed by atoms with Crippen molar-refractivity contribution in [1.29, 1.82) is 0 Å². The van der Waals surface area contributed by atoms with Gasteiger partial charge in [0.2, 0.25) is 0 Å². The molecule has 0 atom stereocenters. The number of carbonyl (C=O) groups excluding carboxylic acids is 1. The van der Waals surface area contributed by atoms with E-state index in [9.17, 15) is 26.4 Å². The molecule has 158 valence electrons. The Balaban J connectivity index is 1.73. The molecule has 3 aromatic rings. The molecule has 0 radical (unpaired) electrons. The molecule has 1 N–H and O–H groups in total. The number of sulfonamides is 1. The number of pyridine rings is 1. The van der Waals surface area contributed by atoms with Crippen molar-refractivity contribution in [2.45, 2.75) is 11.1 Å². The molecule has 1 aliphatic rings. The van der Waals surface area contributed by atoms with Crippen molar-refractivity contribution in [2.75, 3.05) is 9.62 Å². The quantitative estimate of drug-likeness (QED) is 0.640. The van der Waals surface area contributed by atoms with Crippen LogP contribution in [0.25, 0.3) is 5.70 Å². The van der Waals surface area contributed by atoms with Gasteiger partial charge in [0.25, 0.3) is 15.9 Å². The molecule has 2 heterocycles.